The number of esters is 1. The van der Waals surface area contributed by atoms with Crippen molar-refractivity contribution in [2.45, 2.75) is 103 Å². The highest BCUT2D eigenvalue weighted by atomic mass is 35.5. The lowest BCUT2D eigenvalue weighted by Gasteiger charge is -2.12. The number of hydrogen-bond acceptors (Lipinski definition) is 3. The lowest BCUT2D eigenvalue weighted by molar-refractivity contribution is -0.134. The van der Waals surface area contributed by atoms with Crippen LogP contribution in [0, 0.1) is 5.92 Å². The molecule has 194 valence electrons. The van der Waals surface area contributed by atoms with E-state index in [2.05, 4.69) is 19.1 Å². The summed E-state index contributed by atoms with van der Waals surface area (Å²) in [6.07, 6.45) is 15.3. The summed E-state index contributed by atoms with van der Waals surface area (Å²) >= 11 is 6.13. The maximum Gasteiger partial charge on any atom is 0.329 e. The average Bonchev–Trinajstić information content (AvgIpc) is 2.85. The topological polar surface area (TPSA) is 35.5 Å². The van der Waals surface area contributed by atoms with Gasteiger partial charge in [0, 0.05) is 0 Å². The number of alkyl halides is 1. The Morgan fingerprint density at radius 2 is 1.17 bits per heavy atom. The summed E-state index contributed by atoms with van der Waals surface area (Å²) in [6.45, 7) is 7.11. The maximum atomic E-state index is 12.1. The molecule has 0 aliphatic heterocycles. The number of hydrogen-bond donors (Lipinski definition) is 0. The minimum Gasteiger partial charge on any atom is -0.494 e. The molecule has 0 aromatic heterocycles. The molecule has 0 fully saturated rings. The molecule has 3 nitrogen and oxygen atoms in total. The highest BCUT2D eigenvalue weighted by Gasteiger charge is 2.19. The van der Waals surface area contributed by atoms with Crippen LogP contribution in [0.15, 0.2) is 48.5 Å². The minimum absolute atomic E-state index is 0.346. The van der Waals surface area contributed by atoms with E-state index in [1.165, 1.54) is 64.2 Å². The van der Waals surface area contributed by atoms with Gasteiger partial charge in [0.05, 0.1) is 6.61 Å². The number of halogens is 1. The van der Waals surface area contributed by atoms with Gasteiger partial charge in [0.1, 0.15) is 16.9 Å². The molecule has 0 N–H and O–H groups in total. The molecule has 0 radical (unpaired) electrons. The second kappa shape index (κ2) is 17.4. The third-order valence-electron chi connectivity index (χ3n) is 6.21. The van der Waals surface area contributed by atoms with Crippen molar-refractivity contribution in [1.29, 1.82) is 0 Å². The van der Waals surface area contributed by atoms with Crippen LogP contribution in [0.4, 0.5) is 0 Å². The van der Waals surface area contributed by atoms with Gasteiger partial charge in [-0.2, -0.15) is 0 Å². The van der Waals surface area contributed by atoms with Crippen LogP contribution in [-0.4, -0.2) is 18.0 Å². The molecule has 0 aliphatic carbocycles. The van der Waals surface area contributed by atoms with Crippen molar-refractivity contribution in [2.24, 2.45) is 5.92 Å². The first-order valence-electron chi connectivity index (χ1n) is 13.7. The van der Waals surface area contributed by atoms with Crippen molar-refractivity contribution in [2.75, 3.05) is 6.61 Å². The largest absolute Gasteiger partial charge is 0.494 e. The molecular weight excluding hydrogens is 456 g/mol. The molecule has 0 spiro atoms. The van der Waals surface area contributed by atoms with Crippen molar-refractivity contribution < 1.29 is 14.3 Å². The number of carbonyl (C=O) groups is 1. The number of benzene rings is 2. The van der Waals surface area contributed by atoms with Gasteiger partial charge in [-0.1, -0.05) is 109 Å². The van der Waals surface area contributed by atoms with Crippen molar-refractivity contribution in [3.05, 3.63) is 48.5 Å². The second-order valence-corrected chi connectivity index (χ2v) is 10.5. The van der Waals surface area contributed by atoms with Crippen LogP contribution in [0.2, 0.25) is 0 Å². The van der Waals surface area contributed by atoms with Gasteiger partial charge in [0.25, 0.3) is 0 Å². The summed E-state index contributed by atoms with van der Waals surface area (Å²) in [5.74, 6) is 1.37. The van der Waals surface area contributed by atoms with Gasteiger partial charge in [-0.15, -0.1) is 11.6 Å². The Morgan fingerprint density at radius 1 is 0.714 bits per heavy atom. The quantitative estimate of drug-likeness (QED) is 0.0883. The molecule has 0 saturated carbocycles. The molecule has 0 amide bonds. The summed E-state index contributed by atoms with van der Waals surface area (Å²) < 4.78 is 11.3. The standard InChI is InChI=1S/C31H45ClO3/c1-4-5-6-7-8-9-10-11-12-13-14-23-34-28-19-15-26(16-20-28)27-17-21-29(22-18-27)35-31(33)30(32)24-25(2)3/h15-22,25,30H,4-14,23-24H2,1-3H3. The average molecular weight is 501 g/mol. The SMILES string of the molecule is CCCCCCCCCCCCCOc1ccc(-c2ccc(OC(=O)C(Cl)CC(C)C)cc2)cc1. The molecule has 0 aliphatic rings. The summed E-state index contributed by atoms with van der Waals surface area (Å²) in [7, 11) is 0. The van der Waals surface area contributed by atoms with E-state index < -0.39 is 11.3 Å². The molecule has 2 aromatic carbocycles. The molecular formula is C31H45ClO3. The van der Waals surface area contributed by atoms with E-state index in [9.17, 15) is 4.79 Å². The smallest absolute Gasteiger partial charge is 0.329 e. The van der Waals surface area contributed by atoms with E-state index in [-0.39, 0.29) is 0 Å². The zero-order valence-corrected chi connectivity index (χ0v) is 22.8. The molecule has 2 rings (SSSR count). The minimum atomic E-state index is -0.618. The first-order chi connectivity index (χ1) is 17.0. The molecule has 0 bridgehead atoms. The van der Waals surface area contributed by atoms with Crippen LogP contribution in [0.3, 0.4) is 0 Å². The Morgan fingerprint density at radius 3 is 1.66 bits per heavy atom. The van der Waals surface area contributed by atoms with Crippen LogP contribution in [-0.2, 0) is 4.79 Å². The normalized spacial score (nSPS) is 12.0. The van der Waals surface area contributed by atoms with Crippen LogP contribution < -0.4 is 9.47 Å². The molecule has 0 heterocycles. The van der Waals surface area contributed by atoms with E-state index >= 15 is 0 Å². The van der Waals surface area contributed by atoms with E-state index in [4.69, 9.17) is 21.1 Å². The summed E-state index contributed by atoms with van der Waals surface area (Å²) in [4.78, 5) is 12.1. The Hall–Kier alpha value is -2.00. The summed E-state index contributed by atoms with van der Waals surface area (Å²) in [5, 5.41) is -0.618. The highest BCUT2D eigenvalue weighted by molar-refractivity contribution is 6.30. The third-order valence-corrected chi connectivity index (χ3v) is 6.57. The van der Waals surface area contributed by atoms with Gasteiger partial charge in [0.2, 0.25) is 0 Å². The fraction of sp³-hybridized carbons (Fsp3) is 0.581. The van der Waals surface area contributed by atoms with E-state index in [0.717, 1.165) is 29.9 Å². The van der Waals surface area contributed by atoms with E-state index in [1.807, 2.05) is 50.2 Å². The molecule has 1 unspecified atom stereocenters. The number of ether oxygens (including phenoxy) is 2. The third kappa shape index (κ3) is 12.5. The van der Waals surface area contributed by atoms with Crippen LogP contribution in [0.25, 0.3) is 11.1 Å². The fourth-order valence-electron chi connectivity index (χ4n) is 4.11. The van der Waals surface area contributed by atoms with Crippen molar-refractivity contribution in [3.63, 3.8) is 0 Å². The lowest BCUT2D eigenvalue weighted by atomic mass is 10.1. The van der Waals surface area contributed by atoms with E-state index in [0.29, 0.717) is 18.1 Å². The van der Waals surface area contributed by atoms with Crippen molar-refractivity contribution in [3.8, 4) is 22.6 Å². The Kier molecular flexibility index (Phi) is 14.6. The second-order valence-electron chi connectivity index (χ2n) is 9.95. The van der Waals surface area contributed by atoms with Crippen molar-refractivity contribution >= 4 is 17.6 Å². The monoisotopic (exact) mass is 500 g/mol. The Labute approximate surface area is 218 Å². The molecule has 1 atom stereocenters. The number of unbranched alkanes of at least 4 members (excludes halogenated alkanes) is 10. The van der Waals surface area contributed by atoms with Gasteiger partial charge in [-0.25, -0.2) is 0 Å². The maximum absolute atomic E-state index is 12.1. The van der Waals surface area contributed by atoms with Gasteiger partial charge in [-0.05, 0) is 54.2 Å². The molecule has 35 heavy (non-hydrogen) atoms. The highest BCUT2D eigenvalue weighted by Crippen LogP contribution is 2.25. The number of carbonyl (C=O) groups excluding carboxylic acids is 1. The first kappa shape index (κ1) is 29.2. The van der Waals surface area contributed by atoms with Gasteiger partial charge < -0.3 is 9.47 Å². The zero-order chi connectivity index (χ0) is 25.3. The van der Waals surface area contributed by atoms with Gasteiger partial charge in [-0.3, -0.25) is 4.79 Å². The van der Waals surface area contributed by atoms with Crippen molar-refractivity contribution in [1.82, 2.24) is 0 Å². The molecule has 2 aromatic rings. The molecule has 0 saturated heterocycles. The van der Waals surface area contributed by atoms with Crippen LogP contribution in [0.5, 0.6) is 11.5 Å². The van der Waals surface area contributed by atoms with Gasteiger partial charge in [0.15, 0.2) is 0 Å². The first-order valence-corrected chi connectivity index (χ1v) is 14.1. The predicted molar refractivity (Wildman–Crippen MR) is 149 cm³/mol. The van der Waals surface area contributed by atoms with Crippen LogP contribution in [0.1, 0.15) is 97.8 Å². The van der Waals surface area contributed by atoms with E-state index in [1.54, 1.807) is 0 Å². The fourth-order valence-corrected chi connectivity index (χ4v) is 4.51. The lowest BCUT2D eigenvalue weighted by Crippen LogP contribution is -2.22. The predicted octanol–water partition coefficient (Wildman–Crippen LogP) is 9.60. The summed E-state index contributed by atoms with van der Waals surface area (Å²) in [6, 6.07) is 15.7. The summed E-state index contributed by atoms with van der Waals surface area (Å²) in [5.41, 5.74) is 2.16. The molecule has 4 heteroatoms. The van der Waals surface area contributed by atoms with Gasteiger partial charge >= 0.3 is 5.97 Å². The van der Waals surface area contributed by atoms with Crippen LogP contribution >= 0.6 is 11.6 Å². The Balaban J connectivity index is 1.62. The zero-order valence-electron chi connectivity index (χ0n) is 22.1. The Bertz CT molecular complexity index is 814. The number of rotatable bonds is 18.